The van der Waals surface area contributed by atoms with Crippen LogP contribution in [-0.2, 0) is 20.7 Å². The SMILES string of the molecule is COC(=O)C(Br)c1ccc(SC(F)(F)F)cc1.O=C(O)Cc1ccc(SC(F)(F)F)cc1. The summed E-state index contributed by atoms with van der Waals surface area (Å²) in [5, 5.41) is 8.44. The van der Waals surface area contributed by atoms with Gasteiger partial charge in [-0.1, -0.05) is 40.2 Å². The molecule has 0 aromatic heterocycles. The van der Waals surface area contributed by atoms with Crippen LogP contribution in [0.4, 0.5) is 26.3 Å². The van der Waals surface area contributed by atoms with E-state index in [0.717, 1.165) is 0 Å². The molecule has 2 aromatic carbocycles. The molecule has 0 saturated carbocycles. The third kappa shape index (κ3) is 11.7. The number of hydrogen-bond acceptors (Lipinski definition) is 5. The number of aliphatic carboxylic acids is 1. The molecule has 0 saturated heterocycles. The molecule has 0 radical (unpaired) electrons. The lowest BCUT2D eigenvalue weighted by molar-refractivity contribution is -0.140. The Hall–Kier alpha value is -1.86. The second-order valence-corrected chi connectivity index (χ2v) is 8.96. The van der Waals surface area contributed by atoms with Gasteiger partial charge < -0.3 is 9.84 Å². The molecule has 0 fully saturated rings. The normalized spacial score (nSPS) is 12.4. The number of halogens is 7. The maximum Gasteiger partial charge on any atom is 0.446 e. The van der Waals surface area contributed by atoms with Crippen LogP contribution in [0, 0.1) is 0 Å². The lowest BCUT2D eigenvalue weighted by Gasteiger charge is -2.09. The number of esters is 1. The van der Waals surface area contributed by atoms with E-state index in [-0.39, 0.29) is 39.7 Å². The average Bonchev–Trinajstić information content (AvgIpc) is 2.67. The van der Waals surface area contributed by atoms with Crippen LogP contribution in [0.1, 0.15) is 16.0 Å². The van der Waals surface area contributed by atoms with Crippen molar-refractivity contribution in [3.05, 3.63) is 59.7 Å². The van der Waals surface area contributed by atoms with Gasteiger partial charge in [0.25, 0.3) is 0 Å². The minimum absolute atomic E-state index is 0.0524. The molecule has 2 rings (SSSR count). The van der Waals surface area contributed by atoms with E-state index in [2.05, 4.69) is 20.7 Å². The zero-order valence-electron chi connectivity index (χ0n) is 16.0. The third-order valence-corrected chi connectivity index (χ3v) is 5.71. The van der Waals surface area contributed by atoms with Crippen molar-refractivity contribution in [3.63, 3.8) is 0 Å². The maximum atomic E-state index is 12.1. The summed E-state index contributed by atoms with van der Waals surface area (Å²) in [6.45, 7) is 0. The predicted molar refractivity (Wildman–Crippen MR) is 112 cm³/mol. The van der Waals surface area contributed by atoms with E-state index in [9.17, 15) is 35.9 Å². The second-order valence-electron chi connectivity index (χ2n) is 5.76. The molecule has 1 atom stereocenters. The number of hydrogen-bond donors (Lipinski definition) is 1. The highest BCUT2D eigenvalue weighted by molar-refractivity contribution is 9.09. The van der Waals surface area contributed by atoms with Crippen molar-refractivity contribution in [2.24, 2.45) is 0 Å². The summed E-state index contributed by atoms with van der Waals surface area (Å²) in [7, 11) is 1.24. The highest BCUT2D eigenvalue weighted by Crippen LogP contribution is 2.38. The highest BCUT2D eigenvalue weighted by atomic mass is 79.9. The van der Waals surface area contributed by atoms with Crippen molar-refractivity contribution in [1.29, 1.82) is 0 Å². The Morgan fingerprint density at radius 1 is 0.906 bits per heavy atom. The molecule has 2 aromatic rings. The van der Waals surface area contributed by atoms with Crippen molar-refractivity contribution in [2.75, 3.05) is 7.11 Å². The van der Waals surface area contributed by atoms with Crippen LogP contribution in [0.5, 0.6) is 0 Å². The number of carboxylic acid groups (broad SMARTS) is 1. The third-order valence-electron chi connectivity index (χ3n) is 3.33. The van der Waals surface area contributed by atoms with Gasteiger partial charge in [0.2, 0.25) is 0 Å². The Bertz CT molecular complexity index is 887. The summed E-state index contributed by atoms with van der Waals surface area (Å²) in [6.07, 6.45) is -0.184. The number of ether oxygens (including phenoxy) is 1. The Morgan fingerprint density at radius 3 is 1.66 bits per heavy atom. The van der Waals surface area contributed by atoms with Gasteiger partial charge in [0.05, 0.1) is 13.5 Å². The van der Waals surface area contributed by atoms with E-state index in [1.54, 1.807) is 0 Å². The van der Waals surface area contributed by atoms with Crippen molar-refractivity contribution in [2.45, 2.75) is 32.1 Å². The number of alkyl halides is 7. The van der Waals surface area contributed by atoms with Crippen LogP contribution in [0.2, 0.25) is 0 Å². The van der Waals surface area contributed by atoms with E-state index in [0.29, 0.717) is 11.1 Å². The number of carbonyl (C=O) groups is 2. The molecule has 0 heterocycles. The first kappa shape index (κ1) is 28.2. The fourth-order valence-corrected chi connectivity index (χ4v) is 3.63. The summed E-state index contributed by atoms with van der Waals surface area (Å²) in [6, 6.07) is 10.8. The van der Waals surface area contributed by atoms with Gasteiger partial charge in [0.15, 0.2) is 0 Å². The van der Waals surface area contributed by atoms with Gasteiger partial charge in [0, 0.05) is 9.79 Å². The van der Waals surface area contributed by atoms with E-state index < -0.39 is 27.8 Å². The van der Waals surface area contributed by atoms with E-state index in [1.807, 2.05) is 0 Å². The van der Waals surface area contributed by atoms with Crippen LogP contribution in [0.3, 0.4) is 0 Å². The largest absolute Gasteiger partial charge is 0.481 e. The smallest absolute Gasteiger partial charge is 0.446 e. The molecule has 0 aliphatic rings. The first-order valence-electron chi connectivity index (χ1n) is 8.34. The van der Waals surface area contributed by atoms with Gasteiger partial charge in [0.1, 0.15) is 4.83 Å². The molecule has 1 unspecified atom stereocenters. The summed E-state index contributed by atoms with van der Waals surface area (Å²) in [5.74, 6) is -1.51. The zero-order valence-corrected chi connectivity index (χ0v) is 19.3. The monoisotopic (exact) mass is 564 g/mol. The summed E-state index contributed by atoms with van der Waals surface area (Å²) in [5.41, 5.74) is -7.59. The van der Waals surface area contributed by atoms with Crippen LogP contribution in [-0.4, -0.2) is 35.2 Å². The van der Waals surface area contributed by atoms with E-state index in [4.69, 9.17) is 5.11 Å². The first-order valence-corrected chi connectivity index (χ1v) is 10.9. The average molecular weight is 565 g/mol. The molecule has 13 heteroatoms. The highest BCUT2D eigenvalue weighted by Gasteiger charge is 2.30. The quantitative estimate of drug-likeness (QED) is 0.179. The van der Waals surface area contributed by atoms with Gasteiger partial charge in [-0.2, -0.15) is 26.3 Å². The Labute approximate surface area is 195 Å². The predicted octanol–water partition coefficient (Wildman–Crippen LogP) is 6.83. The Kier molecular flexibility index (Phi) is 10.9. The van der Waals surface area contributed by atoms with Crippen LogP contribution in [0.25, 0.3) is 0 Å². The topological polar surface area (TPSA) is 63.6 Å². The fraction of sp³-hybridized carbons (Fsp3) is 0.263. The Morgan fingerprint density at radius 2 is 1.31 bits per heavy atom. The van der Waals surface area contributed by atoms with Gasteiger partial charge in [-0.05, 0) is 58.9 Å². The van der Waals surface area contributed by atoms with E-state index in [1.165, 1.54) is 55.6 Å². The minimum Gasteiger partial charge on any atom is -0.481 e. The van der Waals surface area contributed by atoms with Gasteiger partial charge in [-0.3, -0.25) is 9.59 Å². The second kappa shape index (κ2) is 12.4. The molecule has 0 bridgehead atoms. The van der Waals surface area contributed by atoms with Crippen molar-refractivity contribution in [1.82, 2.24) is 0 Å². The number of rotatable bonds is 6. The van der Waals surface area contributed by atoms with Gasteiger partial charge in [-0.25, -0.2) is 0 Å². The molecule has 0 amide bonds. The van der Waals surface area contributed by atoms with Gasteiger partial charge in [-0.15, -0.1) is 0 Å². The molecule has 0 aliphatic heterocycles. The molecular weight excluding hydrogens is 550 g/mol. The lowest BCUT2D eigenvalue weighted by Crippen LogP contribution is -2.08. The zero-order chi connectivity index (χ0) is 24.5. The maximum absolute atomic E-state index is 12.1. The number of carboxylic acids is 1. The number of benzene rings is 2. The Balaban J connectivity index is 0.000000323. The molecule has 4 nitrogen and oxygen atoms in total. The van der Waals surface area contributed by atoms with Crippen molar-refractivity contribution < 1.29 is 45.8 Å². The standard InChI is InChI=1S/C10H8BrF3O2S.C9H7F3O2S/c1-16-9(15)8(11)6-2-4-7(5-3-6)17-10(12,13)14;10-9(11,12)15-7-3-1-6(2-4-7)5-8(13)14/h2-5,8H,1H3;1-4H,5H2,(H,13,14). The van der Waals surface area contributed by atoms with Crippen LogP contribution >= 0.6 is 39.5 Å². The number of carbonyl (C=O) groups excluding carboxylic acids is 1. The minimum atomic E-state index is -4.31. The fourth-order valence-electron chi connectivity index (χ4n) is 2.06. The molecule has 0 aliphatic carbocycles. The number of thioether (sulfide) groups is 2. The van der Waals surface area contributed by atoms with Crippen LogP contribution in [0.15, 0.2) is 58.3 Å². The number of methoxy groups -OCH3 is 1. The first-order chi connectivity index (χ1) is 14.7. The summed E-state index contributed by atoms with van der Waals surface area (Å²) < 4.78 is 76.5. The summed E-state index contributed by atoms with van der Waals surface area (Å²) >= 11 is 2.68. The van der Waals surface area contributed by atoms with Crippen molar-refractivity contribution in [3.8, 4) is 0 Å². The van der Waals surface area contributed by atoms with Crippen LogP contribution < -0.4 is 0 Å². The van der Waals surface area contributed by atoms with E-state index >= 15 is 0 Å². The molecular formula is C19H15BrF6O4S2. The molecule has 176 valence electrons. The molecule has 1 N–H and O–H groups in total. The lowest BCUT2D eigenvalue weighted by atomic mass is 10.1. The molecule has 32 heavy (non-hydrogen) atoms. The summed E-state index contributed by atoms with van der Waals surface area (Å²) in [4.78, 5) is 20.9. The molecule has 0 spiro atoms. The van der Waals surface area contributed by atoms with Gasteiger partial charge >= 0.3 is 23.0 Å². The van der Waals surface area contributed by atoms with Crippen molar-refractivity contribution >= 4 is 51.4 Å².